The molecule has 1 aliphatic carbocycles. The van der Waals surface area contributed by atoms with Crippen molar-refractivity contribution >= 4 is 11.9 Å². The van der Waals surface area contributed by atoms with Gasteiger partial charge in [-0.2, -0.15) is 12.1 Å². The standard InChI is InChI=1S/C9H16N2.C2H2O4.Cu/c10-8-5-1-3-7-4-2-6-11-9(7)8;3-1(4)2(5)6;/h7-10H,1-6H2;(H,3,4)(H,5,6);/q-2;;+2. The van der Waals surface area contributed by atoms with E-state index in [-0.39, 0.29) is 23.1 Å². The SMILES string of the molecule is O=C(O)C(=O)O.[Cu+2].[NH-]C1CCCC2CCC[N-]C12. The maximum atomic E-state index is 9.10. The number of carboxylic acid groups (broad SMARTS) is 2. The number of piperidine rings is 1. The Bertz CT molecular complexity index is 274. The molecule has 1 saturated carbocycles. The maximum Gasteiger partial charge on any atom is 2.00 e. The smallest absolute Gasteiger partial charge is 0.676 e. The minimum absolute atomic E-state index is 0. The van der Waals surface area contributed by atoms with Crippen LogP contribution in [-0.2, 0) is 26.7 Å². The minimum atomic E-state index is -1.82. The third kappa shape index (κ3) is 5.35. The Morgan fingerprint density at radius 1 is 1.06 bits per heavy atom. The molecule has 3 N–H and O–H groups in total. The summed E-state index contributed by atoms with van der Waals surface area (Å²) in [6, 6.07) is 0.548. The van der Waals surface area contributed by atoms with Crippen LogP contribution in [0.1, 0.15) is 32.1 Å². The Morgan fingerprint density at radius 2 is 1.61 bits per heavy atom. The van der Waals surface area contributed by atoms with Gasteiger partial charge in [0.1, 0.15) is 0 Å². The zero-order valence-corrected chi connectivity index (χ0v) is 10.9. The van der Waals surface area contributed by atoms with E-state index < -0.39 is 11.9 Å². The van der Waals surface area contributed by atoms with Crippen molar-refractivity contribution in [3.63, 3.8) is 0 Å². The Morgan fingerprint density at radius 3 is 2.11 bits per heavy atom. The second kappa shape index (κ2) is 8.48. The van der Waals surface area contributed by atoms with Crippen molar-refractivity contribution in [2.45, 2.75) is 44.2 Å². The molecule has 2 rings (SSSR count). The van der Waals surface area contributed by atoms with Crippen molar-refractivity contribution < 1.29 is 36.9 Å². The van der Waals surface area contributed by atoms with Crippen LogP contribution in [-0.4, -0.2) is 40.8 Å². The fraction of sp³-hybridized carbons (Fsp3) is 0.818. The molecule has 2 aliphatic rings. The van der Waals surface area contributed by atoms with Crippen LogP contribution in [0.2, 0.25) is 0 Å². The topological polar surface area (TPSA) is 112 Å². The van der Waals surface area contributed by atoms with Gasteiger partial charge in [-0.05, 0) is 0 Å². The van der Waals surface area contributed by atoms with E-state index >= 15 is 0 Å². The molecule has 2 fully saturated rings. The summed E-state index contributed by atoms with van der Waals surface area (Å²) in [5.74, 6) is -2.87. The maximum absolute atomic E-state index is 9.10. The molecule has 3 unspecified atom stereocenters. The third-order valence-corrected chi connectivity index (χ3v) is 3.24. The Hall–Kier alpha value is -0.621. The fourth-order valence-electron chi connectivity index (χ4n) is 2.46. The van der Waals surface area contributed by atoms with Gasteiger partial charge in [-0.3, -0.25) is 0 Å². The van der Waals surface area contributed by atoms with Crippen LogP contribution in [0.5, 0.6) is 0 Å². The first-order chi connectivity index (χ1) is 8.02. The largest absolute Gasteiger partial charge is 2.00 e. The monoisotopic (exact) mass is 305 g/mol. The van der Waals surface area contributed by atoms with Crippen LogP contribution in [0.25, 0.3) is 11.1 Å². The van der Waals surface area contributed by atoms with E-state index in [1.165, 1.54) is 25.7 Å². The first-order valence-corrected chi connectivity index (χ1v) is 5.86. The molecule has 0 bridgehead atoms. The number of nitrogens with zero attached hydrogens (tertiary/aromatic N) is 1. The number of hydrogen-bond donors (Lipinski definition) is 2. The van der Waals surface area contributed by atoms with Crippen LogP contribution in [0.4, 0.5) is 0 Å². The molecule has 1 radical (unpaired) electrons. The van der Waals surface area contributed by atoms with Crippen molar-refractivity contribution in [3.05, 3.63) is 11.1 Å². The summed E-state index contributed by atoms with van der Waals surface area (Å²) in [5, 5.41) is 19.3. The van der Waals surface area contributed by atoms with Gasteiger partial charge in [0.05, 0.1) is 0 Å². The molecule has 3 atom stereocenters. The molecular weight excluding hydrogens is 288 g/mol. The van der Waals surface area contributed by atoms with E-state index in [1.807, 2.05) is 0 Å². The zero-order valence-electron chi connectivity index (χ0n) is 9.93. The van der Waals surface area contributed by atoms with Gasteiger partial charge in [0, 0.05) is 0 Å². The van der Waals surface area contributed by atoms with Crippen LogP contribution >= 0.6 is 0 Å². The molecule has 1 heterocycles. The van der Waals surface area contributed by atoms with Gasteiger partial charge in [-0.1, -0.05) is 38.0 Å². The summed E-state index contributed by atoms with van der Waals surface area (Å²) in [4.78, 5) is 18.2. The molecule has 1 aliphatic heterocycles. The van der Waals surface area contributed by atoms with Gasteiger partial charge in [-0.25, -0.2) is 9.59 Å². The molecule has 0 aromatic heterocycles. The molecule has 7 heteroatoms. The first-order valence-electron chi connectivity index (χ1n) is 5.86. The molecule has 107 valence electrons. The zero-order chi connectivity index (χ0) is 12.8. The van der Waals surface area contributed by atoms with E-state index in [0.29, 0.717) is 6.04 Å². The Balaban J connectivity index is 0.000000362. The molecule has 18 heavy (non-hydrogen) atoms. The van der Waals surface area contributed by atoms with Gasteiger partial charge in [0.2, 0.25) is 0 Å². The van der Waals surface area contributed by atoms with E-state index in [4.69, 9.17) is 25.5 Å². The van der Waals surface area contributed by atoms with Crippen molar-refractivity contribution in [3.8, 4) is 0 Å². The number of hydrogen-bond acceptors (Lipinski definition) is 2. The normalized spacial score (nSPS) is 29.9. The van der Waals surface area contributed by atoms with Crippen molar-refractivity contribution in [1.82, 2.24) is 0 Å². The summed E-state index contributed by atoms with van der Waals surface area (Å²) in [6.45, 7) is 1.02. The number of carboxylic acids is 2. The van der Waals surface area contributed by atoms with Crippen molar-refractivity contribution in [1.29, 1.82) is 0 Å². The average molecular weight is 306 g/mol. The van der Waals surface area contributed by atoms with Gasteiger partial charge in [0.15, 0.2) is 0 Å². The number of carbonyl (C=O) groups is 2. The summed E-state index contributed by atoms with van der Waals surface area (Å²) >= 11 is 0. The van der Waals surface area contributed by atoms with Crippen molar-refractivity contribution in [2.24, 2.45) is 5.92 Å². The molecule has 0 aromatic carbocycles. The van der Waals surface area contributed by atoms with Gasteiger partial charge in [-0.15, -0.1) is 6.54 Å². The van der Waals surface area contributed by atoms with E-state index in [1.54, 1.807) is 0 Å². The number of nitrogens with one attached hydrogen (secondary N) is 1. The minimum Gasteiger partial charge on any atom is -0.676 e. The van der Waals surface area contributed by atoms with E-state index in [2.05, 4.69) is 5.32 Å². The Kier molecular flexibility index (Phi) is 8.18. The quantitative estimate of drug-likeness (QED) is 0.525. The van der Waals surface area contributed by atoms with Gasteiger partial charge in [0.25, 0.3) is 0 Å². The molecule has 0 amide bonds. The number of fused-ring (bicyclic) bond motifs is 1. The summed E-state index contributed by atoms with van der Waals surface area (Å²) in [7, 11) is 0. The third-order valence-electron chi connectivity index (χ3n) is 3.24. The van der Waals surface area contributed by atoms with Crippen LogP contribution in [0, 0.1) is 5.92 Å². The summed E-state index contributed by atoms with van der Waals surface area (Å²) in [5.41, 5.74) is 7.80. The van der Waals surface area contributed by atoms with Crippen molar-refractivity contribution in [2.75, 3.05) is 6.54 Å². The Labute approximate surface area is 117 Å². The summed E-state index contributed by atoms with van der Waals surface area (Å²) < 4.78 is 0. The van der Waals surface area contributed by atoms with Crippen LogP contribution in [0.3, 0.4) is 0 Å². The molecule has 6 nitrogen and oxygen atoms in total. The van der Waals surface area contributed by atoms with E-state index in [9.17, 15) is 0 Å². The van der Waals surface area contributed by atoms with Gasteiger partial charge < -0.3 is 21.3 Å². The average Bonchev–Trinajstić information content (AvgIpc) is 2.30. The molecule has 0 aromatic rings. The first kappa shape index (κ1) is 17.4. The van der Waals surface area contributed by atoms with Crippen LogP contribution < -0.4 is 0 Å². The predicted molar refractivity (Wildman–Crippen MR) is 62.0 cm³/mol. The molecular formula is C11H18CuN2O4. The fourth-order valence-corrected chi connectivity index (χ4v) is 2.46. The molecule has 1 saturated heterocycles. The van der Waals surface area contributed by atoms with Crippen LogP contribution in [0.15, 0.2) is 0 Å². The number of rotatable bonds is 0. The van der Waals surface area contributed by atoms with E-state index in [0.717, 1.165) is 18.9 Å². The second-order valence-corrected chi connectivity index (χ2v) is 4.45. The molecule has 0 spiro atoms. The number of aliphatic carboxylic acids is 2. The second-order valence-electron chi connectivity index (χ2n) is 4.45. The predicted octanol–water partition coefficient (Wildman–Crippen LogP) is 1.90. The summed E-state index contributed by atoms with van der Waals surface area (Å²) in [6.07, 6.45) is 6.30. The van der Waals surface area contributed by atoms with Gasteiger partial charge >= 0.3 is 29.0 Å².